The molecule has 1 heterocycles. The van der Waals surface area contributed by atoms with Crippen LogP contribution >= 0.6 is 0 Å². The van der Waals surface area contributed by atoms with E-state index in [0.29, 0.717) is 25.4 Å². The van der Waals surface area contributed by atoms with Gasteiger partial charge in [-0.2, -0.15) is 0 Å². The first-order valence-corrected chi connectivity index (χ1v) is 6.81. The first-order valence-electron chi connectivity index (χ1n) is 6.81. The zero-order valence-electron chi connectivity index (χ0n) is 10.9. The molecule has 2 N–H and O–H groups in total. The summed E-state index contributed by atoms with van der Waals surface area (Å²) in [6.07, 6.45) is 2.56. The lowest BCUT2D eigenvalue weighted by Gasteiger charge is -2.30. The summed E-state index contributed by atoms with van der Waals surface area (Å²) in [6, 6.07) is 0. The lowest BCUT2D eigenvalue weighted by Crippen LogP contribution is -2.43. The van der Waals surface area contributed by atoms with E-state index in [1.165, 1.54) is 0 Å². The third-order valence-electron chi connectivity index (χ3n) is 3.83. The number of aliphatic hydroxyl groups is 1. The average Bonchev–Trinajstić information content (AvgIpc) is 3.06. The Morgan fingerprint density at radius 2 is 2.17 bits per heavy atom. The summed E-state index contributed by atoms with van der Waals surface area (Å²) >= 11 is 0. The number of carbonyl (C=O) groups is 2. The van der Waals surface area contributed by atoms with Crippen LogP contribution in [0.3, 0.4) is 0 Å². The Kier molecular flexibility index (Phi) is 4.22. The zero-order valence-corrected chi connectivity index (χ0v) is 10.9. The van der Waals surface area contributed by atoms with Gasteiger partial charge in [-0.05, 0) is 25.2 Å². The first kappa shape index (κ1) is 13.3. The zero-order chi connectivity index (χ0) is 13.1. The highest BCUT2D eigenvalue weighted by Gasteiger charge is 2.38. The van der Waals surface area contributed by atoms with Gasteiger partial charge in [0.05, 0.1) is 6.10 Å². The van der Waals surface area contributed by atoms with Gasteiger partial charge in [-0.1, -0.05) is 6.92 Å². The summed E-state index contributed by atoms with van der Waals surface area (Å²) in [5.74, 6) is 0.765. The fourth-order valence-corrected chi connectivity index (χ4v) is 2.45. The molecule has 0 spiro atoms. The van der Waals surface area contributed by atoms with Crippen molar-refractivity contribution >= 4 is 11.8 Å². The van der Waals surface area contributed by atoms with Gasteiger partial charge in [-0.25, -0.2) is 0 Å². The smallest absolute Gasteiger partial charge is 0.224 e. The molecule has 0 aromatic carbocycles. The summed E-state index contributed by atoms with van der Waals surface area (Å²) in [7, 11) is 0. The number of carbonyl (C=O) groups excluding carboxylic acids is 2. The Morgan fingerprint density at radius 1 is 1.44 bits per heavy atom. The topological polar surface area (TPSA) is 69.6 Å². The molecule has 0 aromatic rings. The molecular weight excluding hydrogens is 232 g/mol. The Balaban J connectivity index is 1.63. The van der Waals surface area contributed by atoms with Gasteiger partial charge in [0.1, 0.15) is 0 Å². The summed E-state index contributed by atoms with van der Waals surface area (Å²) in [5.41, 5.74) is 0. The average molecular weight is 254 g/mol. The van der Waals surface area contributed by atoms with Gasteiger partial charge in [0.2, 0.25) is 11.8 Å². The van der Waals surface area contributed by atoms with E-state index < -0.39 is 0 Å². The van der Waals surface area contributed by atoms with Crippen molar-refractivity contribution in [3.05, 3.63) is 0 Å². The summed E-state index contributed by atoms with van der Waals surface area (Å²) in [6.45, 7) is 3.63. The summed E-state index contributed by atoms with van der Waals surface area (Å²) in [4.78, 5) is 25.1. The van der Waals surface area contributed by atoms with E-state index in [0.717, 1.165) is 25.8 Å². The van der Waals surface area contributed by atoms with Crippen LogP contribution in [0.25, 0.3) is 0 Å². The highest BCUT2D eigenvalue weighted by molar-refractivity contribution is 5.82. The number of piperidine rings is 1. The second-order valence-electron chi connectivity index (χ2n) is 5.50. The third kappa shape index (κ3) is 3.45. The monoisotopic (exact) mass is 254 g/mol. The second kappa shape index (κ2) is 5.69. The van der Waals surface area contributed by atoms with Gasteiger partial charge in [0.25, 0.3) is 0 Å². The minimum atomic E-state index is -0.385. The predicted molar refractivity (Wildman–Crippen MR) is 66.7 cm³/mol. The lowest BCUT2D eigenvalue weighted by atomic mass is 10.1. The molecule has 0 bridgehead atoms. The van der Waals surface area contributed by atoms with Crippen LogP contribution < -0.4 is 5.32 Å². The van der Waals surface area contributed by atoms with E-state index in [9.17, 15) is 14.7 Å². The van der Waals surface area contributed by atoms with Crippen LogP contribution in [0.15, 0.2) is 0 Å². The minimum absolute atomic E-state index is 0.0258. The molecule has 2 rings (SSSR count). The van der Waals surface area contributed by atoms with E-state index in [4.69, 9.17) is 0 Å². The van der Waals surface area contributed by atoms with E-state index in [1.54, 1.807) is 4.90 Å². The molecule has 1 aliphatic carbocycles. The Hall–Kier alpha value is -1.10. The second-order valence-corrected chi connectivity index (χ2v) is 5.50. The molecule has 0 aromatic heterocycles. The van der Waals surface area contributed by atoms with Crippen LogP contribution in [0, 0.1) is 11.8 Å². The molecule has 3 atom stereocenters. The van der Waals surface area contributed by atoms with Crippen LogP contribution in [0.1, 0.15) is 32.6 Å². The third-order valence-corrected chi connectivity index (χ3v) is 3.83. The van der Waals surface area contributed by atoms with Crippen molar-refractivity contribution in [1.29, 1.82) is 0 Å². The van der Waals surface area contributed by atoms with Crippen LogP contribution in [0.5, 0.6) is 0 Å². The fraction of sp³-hybridized carbons (Fsp3) is 0.846. The number of aliphatic hydroxyl groups excluding tert-OH is 1. The molecule has 102 valence electrons. The van der Waals surface area contributed by atoms with Crippen LogP contribution in [-0.2, 0) is 9.59 Å². The van der Waals surface area contributed by atoms with Gasteiger partial charge < -0.3 is 15.3 Å². The van der Waals surface area contributed by atoms with Crippen molar-refractivity contribution in [1.82, 2.24) is 10.2 Å². The predicted octanol–water partition coefficient (Wildman–Crippen LogP) is 0.132. The van der Waals surface area contributed by atoms with Gasteiger partial charge in [0, 0.05) is 32.0 Å². The van der Waals surface area contributed by atoms with E-state index >= 15 is 0 Å². The maximum Gasteiger partial charge on any atom is 0.224 e. The number of hydrogen-bond donors (Lipinski definition) is 2. The molecule has 5 nitrogen and oxygen atoms in total. The Morgan fingerprint density at radius 3 is 2.78 bits per heavy atom. The van der Waals surface area contributed by atoms with E-state index in [2.05, 4.69) is 12.2 Å². The van der Waals surface area contributed by atoms with Gasteiger partial charge in [-0.15, -0.1) is 0 Å². The van der Waals surface area contributed by atoms with Crippen molar-refractivity contribution in [2.24, 2.45) is 11.8 Å². The normalized spacial score (nSPS) is 31.0. The van der Waals surface area contributed by atoms with Gasteiger partial charge >= 0.3 is 0 Å². The molecular formula is C13H22N2O3. The van der Waals surface area contributed by atoms with Crippen LogP contribution in [0.2, 0.25) is 0 Å². The SMILES string of the molecule is CC1CC1C(=O)NCCC(=O)N1CCCC(O)C1. The largest absolute Gasteiger partial charge is 0.391 e. The van der Waals surface area contributed by atoms with E-state index in [1.807, 2.05) is 0 Å². The number of hydrogen-bond acceptors (Lipinski definition) is 3. The van der Waals surface area contributed by atoms with Crippen molar-refractivity contribution < 1.29 is 14.7 Å². The van der Waals surface area contributed by atoms with Crippen molar-refractivity contribution in [2.45, 2.75) is 38.7 Å². The molecule has 1 aliphatic heterocycles. The summed E-state index contributed by atoms with van der Waals surface area (Å²) < 4.78 is 0. The number of nitrogens with zero attached hydrogens (tertiary/aromatic N) is 1. The van der Waals surface area contributed by atoms with Crippen molar-refractivity contribution in [3.8, 4) is 0 Å². The number of likely N-dealkylation sites (tertiary alicyclic amines) is 1. The highest BCUT2D eigenvalue weighted by Crippen LogP contribution is 2.37. The molecule has 2 fully saturated rings. The number of β-amino-alcohol motifs (C(OH)–C–C–N with tert-alkyl or cyclic N) is 1. The Bertz CT molecular complexity index is 332. The molecule has 3 unspecified atom stereocenters. The van der Waals surface area contributed by atoms with Crippen LogP contribution in [0.4, 0.5) is 0 Å². The van der Waals surface area contributed by atoms with E-state index in [-0.39, 0.29) is 23.8 Å². The molecule has 18 heavy (non-hydrogen) atoms. The number of nitrogens with one attached hydrogen (secondary N) is 1. The molecule has 2 amide bonds. The maximum absolute atomic E-state index is 11.8. The van der Waals surface area contributed by atoms with Gasteiger partial charge in [-0.3, -0.25) is 9.59 Å². The fourth-order valence-electron chi connectivity index (χ4n) is 2.45. The standard InChI is InChI=1S/C13H22N2O3/c1-9-7-11(9)13(18)14-5-4-12(17)15-6-2-3-10(16)8-15/h9-11,16H,2-8H2,1H3,(H,14,18). The van der Waals surface area contributed by atoms with Crippen molar-refractivity contribution in [2.75, 3.05) is 19.6 Å². The molecule has 0 radical (unpaired) electrons. The number of amides is 2. The molecule has 1 saturated carbocycles. The van der Waals surface area contributed by atoms with Gasteiger partial charge in [0.15, 0.2) is 0 Å². The molecule has 2 aliphatic rings. The quantitative estimate of drug-likeness (QED) is 0.749. The minimum Gasteiger partial charge on any atom is -0.391 e. The van der Waals surface area contributed by atoms with Crippen LogP contribution in [-0.4, -0.2) is 47.6 Å². The lowest BCUT2D eigenvalue weighted by molar-refractivity contribution is -0.134. The Labute approximate surface area is 108 Å². The highest BCUT2D eigenvalue weighted by atomic mass is 16.3. The molecule has 1 saturated heterocycles. The first-order chi connectivity index (χ1) is 8.58. The summed E-state index contributed by atoms with van der Waals surface area (Å²) in [5, 5.41) is 12.3. The molecule has 5 heteroatoms. The number of rotatable bonds is 4. The maximum atomic E-state index is 11.8. The van der Waals surface area contributed by atoms with Crippen molar-refractivity contribution in [3.63, 3.8) is 0 Å².